The van der Waals surface area contributed by atoms with Crippen molar-refractivity contribution >= 4 is 27.7 Å². The fourth-order valence-electron chi connectivity index (χ4n) is 3.81. The van der Waals surface area contributed by atoms with Crippen molar-refractivity contribution in [2.45, 2.75) is 37.6 Å². The molecule has 1 atom stereocenters. The molecule has 1 unspecified atom stereocenters. The minimum absolute atomic E-state index is 0.0407. The summed E-state index contributed by atoms with van der Waals surface area (Å²) in [5.41, 5.74) is 8.54. The Balaban J connectivity index is 1.56. The van der Waals surface area contributed by atoms with Crippen molar-refractivity contribution in [2.24, 2.45) is 5.73 Å². The van der Waals surface area contributed by atoms with E-state index in [4.69, 9.17) is 11.1 Å². The minimum atomic E-state index is -3.80. The van der Waals surface area contributed by atoms with Crippen LogP contribution >= 0.6 is 0 Å². The highest BCUT2D eigenvalue weighted by Crippen LogP contribution is 2.10. The summed E-state index contributed by atoms with van der Waals surface area (Å²) in [6.07, 6.45) is 1.55. The van der Waals surface area contributed by atoms with Gasteiger partial charge in [0, 0.05) is 12.1 Å². The van der Waals surface area contributed by atoms with Crippen LogP contribution in [-0.4, -0.2) is 38.7 Å². The predicted molar refractivity (Wildman–Crippen MR) is 148 cm³/mol. The van der Waals surface area contributed by atoms with Crippen LogP contribution in [0.25, 0.3) is 0 Å². The molecule has 0 aliphatic rings. The number of carbonyl (C=O) groups excluding carboxylic acids is 2. The minimum Gasteiger partial charge on any atom is -0.384 e. The van der Waals surface area contributed by atoms with Crippen LogP contribution in [-0.2, 0) is 38.3 Å². The number of nitrogens with two attached hydrogens (primary N) is 1. The zero-order valence-corrected chi connectivity index (χ0v) is 21.8. The Bertz CT molecular complexity index is 1310. The van der Waals surface area contributed by atoms with Crippen molar-refractivity contribution in [1.29, 1.82) is 5.41 Å². The van der Waals surface area contributed by atoms with Gasteiger partial charge in [0.05, 0.1) is 12.3 Å². The second-order valence-electron chi connectivity index (χ2n) is 8.90. The van der Waals surface area contributed by atoms with E-state index in [0.29, 0.717) is 24.0 Å². The number of aryl methyl sites for hydroxylation is 1. The normalized spacial score (nSPS) is 11.9. The highest BCUT2D eigenvalue weighted by Gasteiger charge is 2.25. The van der Waals surface area contributed by atoms with E-state index < -0.39 is 27.9 Å². The first-order chi connectivity index (χ1) is 18.2. The first-order valence-electron chi connectivity index (χ1n) is 12.3. The van der Waals surface area contributed by atoms with E-state index in [0.717, 1.165) is 11.1 Å². The third-order valence-electron chi connectivity index (χ3n) is 5.82. The van der Waals surface area contributed by atoms with Crippen molar-refractivity contribution in [2.75, 3.05) is 6.54 Å². The zero-order chi connectivity index (χ0) is 27.4. The van der Waals surface area contributed by atoms with Gasteiger partial charge in [-0.1, -0.05) is 84.9 Å². The molecular weight excluding hydrogens is 502 g/mol. The van der Waals surface area contributed by atoms with Crippen LogP contribution in [0.5, 0.6) is 0 Å². The Hall–Kier alpha value is -4.02. The number of carbonyl (C=O) groups is 2. The maximum absolute atomic E-state index is 12.9. The molecule has 9 nitrogen and oxygen atoms in total. The maximum Gasteiger partial charge on any atom is 0.239 e. The largest absolute Gasteiger partial charge is 0.384 e. The highest BCUT2D eigenvalue weighted by molar-refractivity contribution is 7.88. The number of sulfonamides is 1. The van der Waals surface area contributed by atoms with Crippen molar-refractivity contribution in [3.63, 3.8) is 0 Å². The van der Waals surface area contributed by atoms with E-state index in [1.807, 2.05) is 30.3 Å². The Morgan fingerprint density at radius 2 is 1.42 bits per heavy atom. The molecule has 38 heavy (non-hydrogen) atoms. The molecule has 6 N–H and O–H groups in total. The molecule has 0 fully saturated rings. The molecule has 0 heterocycles. The second-order valence-corrected chi connectivity index (χ2v) is 10.7. The van der Waals surface area contributed by atoms with Crippen LogP contribution in [0.4, 0.5) is 0 Å². The molecule has 0 aliphatic heterocycles. The van der Waals surface area contributed by atoms with Crippen LogP contribution in [0.1, 0.15) is 35.1 Å². The number of amides is 2. The van der Waals surface area contributed by atoms with Crippen LogP contribution in [0.3, 0.4) is 0 Å². The predicted octanol–water partition coefficient (Wildman–Crippen LogP) is 2.21. The number of nitrogens with one attached hydrogen (secondary N) is 4. The number of benzene rings is 3. The summed E-state index contributed by atoms with van der Waals surface area (Å²) in [6, 6.07) is 24.3. The van der Waals surface area contributed by atoms with E-state index in [9.17, 15) is 18.0 Å². The molecule has 3 rings (SSSR count). The molecule has 0 spiro atoms. The second kappa shape index (κ2) is 14.1. The van der Waals surface area contributed by atoms with Crippen molar-refractivity contribution in [3.05, 3.63) is 107 Å². The summed E-state index contributed by atoms with van der Waals surface area (Å²) >= 11 is 0. The summed E-state index contributed by atoms with van der Waals surface area (Å²) in [5, 5.41) is 12.7. The average molecular weight is 536 g/mol. The molecule has 3 aromatic rings. The summed E-state index contributed by atoms with van der Waals surface area (Å²) in [4.78, 5) is 25.3. The van der Waals surface area contributed by atoms with Gasteiger partial charge in [0.2, 0.25) is 21.8 Å². The molecule has 0 saturated carbocycles. The number of hydrogen-bond acceptors (Lipinski definition) is 5. The Morgan fingerprint density at radius 1 is 0.816 bits per heavy atom. The van der Waals surface area contributed by atoms with E-state index in [2.05, 4.69) is 15.4 Å². The maximum atomic E-state index is 12.9. The summed E-state index contributed by atoms with van der Waals surface area (Å²) in [6.45, 7) is -0.0585. The number of nitrogen functional groups attached to an aromatic ring is 1. The van der Waals surface area contributed by atoms with Crippen LogP contribution in [0.15, 0.2) is 84.9 Å². The Kier molecular flexibility index (Phi) is 10.6. The van der Waals surface area contributed by atoms with Gasteiger partial charge in [-0.25, -0.2) is 13.1 Å². The van der Waals surface area contributed by atoms with Crippen LogP contribution < -0.4 is 21.1 Å². The zero-order valence-electron chi connectivity index (χ0n) is 21.0. The van der Waals surface area contributed by atoms with Crippen molar-refractivity contribution in [1.82, 2.24) is 15.4 Å². The lowest BCUT2D eigenvalue weighted by Gasteiger charge is -2.19. The van der Waals surface area contributed by atoms with Gasteiger partial charge in [0.1, 0.15) is 11.9 Å². The van der Waals surface area contributed by atoms with Gasteiger partial charge in [-0.3, -0.25) is 15.0 Å². The molecule has 0 aliphatic carbocycles. The standard InChI is InChI=1S/C28H33N5O4S/c29-27(30)24-16-14-22(15-17-24)18-31-26(34)19-32-28(35)25(13-7-12-21-8-3-1-4-9-21)33-38(36,37)20-23-10-5-2-6-11-23/h1-6,8-11,14-17,25,33H,7,12-13,18-20H2,(H3,29,30)(H,31,34)(H,32,35). The van der Waals surface area contributed by atoms with Gasteiger partial charge in [0.25, 0.3) is 0 Å². The monoisotopic (exact) mass is 535 g/mol. The summed E-state index contributed by atoms with van der Waals surface area (Å²) in [5.74, 6) is -1.26. The van der Waals surface area contributed by atoms with Crippen LogP contribution in [0.2, 0.25) is 0 Å². The molecule has 200 valence electrons. The summed E-state index contributed by atoms with van der Waals surface area (Å²) < 4.78 is 28.2. The first-order valence-corrected chi connectivity index (χ1v) is 13.9. The molecule has 10 heteroatoms. The fourth-order valence-corrected chi connectivity index (χ4v) is 5.18. The van der Waals surface area contributed by atoms with Gasteiger partial charge in [-0.15, -0.1) is 0 Å². The lowest BCUT2D eigenvalue weighted by atomic mass is 10.0. The number of hydrogen-bond donors (Lipinski definition) is 5. The molecular formula is C28H33N5O4S. The van der Waals surface area contributed by atoms with Gasteiger partial charge in [0.15, 0.2) is 0 Å². The number of amidine groups is 1. The molecule has 0 radical (unpaired) electrons. The fraction of sp³-hybridized carbons (Fsp3) is 0.250. The van der Waals surface area contributed by atoms with Gasteiger partial charge < -0.3 is 16.4 Å². The smallest absolute Gasteiger partial charge is 0.239 e. The third kappa shape index (κ3) is 9.79. The SMILES string of the molecule is N=C(N)c1ccc(CNC(=O)CNC(=O)C(CCCc2ccccc2)NS(=O)(=O)Cc2ccccc2)cc1. The van der Waals surface area contributed by atoms with Crippen LogP contribution in [0, 0.1) is 5.41 Å². The highest BCUT2D eigenvalue weighted by atomic mass is 32.2. The quantitative estimate of drug-likeness (QED) is 0.158. The van der Waals surface area contributed by atoms with Gasteiger partial charge >= 0.3 is 0 Å². The lowest BCUT2D eigenvalue weighted by molar-refractivity contribution is -0.127. The van der Waals surface area contributed by atoms with E-state index in [1.165, 1.54) is 0 Å². The van der Waals surface area contributed by atoms with E-state index >= 15 is 0 Å². The Morgan fingerprint density at radius 3 is 2.03 bits per heavy atom. The number of rotatable bonds is 14. The molecule has 0 aromatic heterocycles. The van der Waals surface area contributed by atoms with Crippen molar-refractivity contribution in [3.8, 4) is 0 Å². The third-order valence-corrected chi connectivity index (χ3v) is 7.17. The molecule has 3 aromatic carbocycles. The van der Waals surface area contributed by atoms with E-state index in [1.54, 1.807) is 54.6 Å². The first kappa shape index (κ1) is 28.5. The molecule has 2 amide bonds. The van der Waals surface area contributed by atoms with E-state index in [-0.39, 0.29) is 31.1 Å². The topological polar surface area (TPSA) is 154 Å². The molecule has 0 bridgehead atoms. The molecule has 0 saturated heterocycles. The van der Waals surface area contributed by atoms with Gasteiger partial charge in [-0.2, -0.15) is 0 Å². The lowest BCUT2D eigenvalue weighted by Crippen LogP contribution is -2.49. The average Bonchev–Trinajstić information content (AvgIpc) is 2.91. The van der Waals surface area contributed by atoms with Gasteiger partial charge in [-0.05, 0) is 36.0 Å². The summed E-state index contributed by atoms with van der Waals surface area (Å²) in [7, 11) is -3.80. The van der Waals surface area contributed by atoms with Crippen molar-refractivity contribution < 1.29 is 18.0 Å². The Labute approximate surface area is 223 Å².